The maximum Gasteiger partial charge on any atom is 0.265 e. The number of ether oxygens (including phenoxy) is 2. The zero-order chi connectivity index (χ0) is 21.5. The van der Waals surface area contributed by atoms with Crippen molar-refractivity contribution >= 4 is 27.3 Å². The third kappa shape index (κ3) is 3.68. The second-order valence-electron chi connectivity index (χ2n) is 7.01. The van der Waals surface area contributed by atoms with Gasteiger partial charge in [-0.05, 0) is 24.3 Å². The van der Waals surface area contributed by atoms with Crippen LogP contribution in [0.1, 0.15) is 25.6 Å². The summed E-state index contributed by atoms with van der Waals surface area (Å²) in [7, 11) is -2.59. The summed E-state index contributed by atoms with van der Waals surface area (Å²) >= 11 is 5.99. The number of nitrogens with one attached hydrogen (secondary N) is 1. The molecule has 2 aromatic heterocycles. The first-order chi connectivity index (χ1) is 14.3. The predicted molar refractivity (Wildman–Crippen MR) is 112 cm³/mol. The number of hydrogen-bond donors (Lipinski definition) is 1. The third-order valence-electron chi connectivity index (χ3n) is 4.61. The fourth-order valence-corrected chi connectivity index (χ4v) is 4.72. The Morgan fingerprint density at radius 1 is 1.27 bits per heavy atom. The molecule has 1 aliphatic rings. The van der Waals surface area contributed by atoms with Gasteiger partial charge in [-0.3, -0.25) is 4.72 Å². The molecule has 0 unspecified atom stereocenters. The molecule has 0 fully saturated rings. The lowest BCUT2D eigenvalue weighted by Crippen LogP contribution is -2.14. The molecule has 1 aromatic carbocycles. The summed E-state index contributed by atoms with van der Waals surface area (Å²) in [6.45, 7) is 5.05. The van der Waals surface area contributed by atoms with E-state index in [-0.39, 0.29) is 27.3 Å². The van der Waals surface area contributed by atoms with Crippen molar-refractivity contribution in [2.45, 2.75) is 31.2 Å². The summed E-state index contributed by atoms with van der Waals surface area (Å²) in [6.07, 6.45) is 1.39. The highest BCUT2D eigenvalue weighted by Gasteiger charge is 2.25. The average Bonchev–Trinajstić information content (AvgIpc) is 3.04. The lowest BCUT2D eigenvalue weighted by molar-refractivity contribution is 0.293. The van der Waals surface area contributed by atoms with E-state index in [1.165, 1.54) is 25.4 Å². The number of nitrogens with zero attached hydrogens (tertiary/aromatic N) is 4. The zero-order valence-electron chi connectivity index (χ0n) is 16.6. The Morgan fingerprint density at radius 2 is 2.07 bits per heavy atom. The first-order valence-corrected chi connectivity index (χ1v) is 11.1. The van der Waals surface area contributed by atoms with E-state index < -0.39 is 10.0 Å². The van der Waals surface area contributed by atoms with Crippen molar-refractivity contribution in [3.63, 3.8) is 0 Å². The molecule has 30 heavy (non-hydrogen) atoms. The fourth-order valence-electron chi connectivity index (χ4n) is 3.25. The minimum atomic E-state index is -3.98. The van der Waals surface area contributed by atoms with Crippen LogP contribution >= 0.6 is 11.6 Å². The molecule has 0 spiro atoms. The number of anilines is 1. The van der Waals surface area contributed by atoms with Crippen LogP contribution in [0.15, 0.2) is 35.4 Å². The summed E-state index contributed by atoms with van der Waals surface area (Å²) in [5.74, 6) is 2.15. The fraction of sp³-hybridized carbons (Fsp3) is 0.316. The molecule has 1 N–H and O–H groups in total. The summed E-state index contributed by atoms with van der Waals surface area (Å²) in [5.41, 5.74) is 0.812. The molecule has 4 rings (SSSR count). The Bertz CT molecular complexity index is 1210. The van der Waals surface area contributed by atoms with Crippen LogP contribution in [0.25, 0.3) is 11.4 Å². The van der Waals surface area contributed by atoms with Crippen LogP contribution in [-0.4, -0.2) is 41.9 Å². The number of aromatic nitrogens is 4. The van der Waals surface area contributed by atoms with E-state index in [2.05, 4.69) is 19.9 Å². The van der Waals surface area contributed by atoms with E-state index in [1.54, 1.807) is 12.1 Å². The van der Waals surface area contributed by atoms with Crippen LogP contribution in [0.5, 0.6) is 11.6 Å². The van der Waals surface area contributed by atoms with Gasteiger partial charge in [0.25, 0.3) is 10.0 Å². The topological polar surface area (TPSA) is 108 Å². The van der Waals surface area contributed by atoms with E-state index >= 15 is 0 Å². The second kappa shape index (κ2) is 7.77. The first-order valence-electron chi connectivity index (χ1n) is 9.23. The summed E-state index contributed by atoms with van der Waals surface area (Å²) < 4.78 is 41.3. The first kappa shape index (κ1) is 20.4. The van der Waals surface area contributed by atoms with E-state index in [1.807, 2.05) is 18.4 Å². The van der Waals surface area contributed by atoms with Crippen molar-refractivity contribution < 1.29 is 17.9 Å². The highest BCUT2D eigenvalue weighted by Crippen LogP contribution is 2.34. The summed E-state index contributed by atoms with van der Waals surface area (Å²) in [4.78, 5) is 4.21. The van der Waals surface area contributed by atoms with Gasteiger partial charge < -0.3 is 14.0 Å². The van der Waals surface area contributed by atoms with Crippen molar-refractivity contribution in [1.29, 1.82) is 0 Å². The molecule has 0 aliphatic carbocycles. The van der Waals surface area contributed by atoms with Gasteiger partial charge in [0.2, 0.25) is 5.88 Å². The molecular formula is C19H20ClN5O4S. The molecule has 0 amide bonds. The number of halogens is 1. The van der Waals surface area contributed by atoms with Gasteiger partial charge in [-0.2, -0.15) is 0 Å². The average molecular weight is 450 g/mol. The van der Waals surface area contributed by atoms with Gasteiger partial charge in [-0.1, -0.05) is 25.4 Å². The molecule has 0 bridgehead atoms. The Morgan fingerprint density at radius 3 is 2.80 bits per heavy atom. The summed E-state index contributed by atoms with van der Waals surface area (Å²) in [6, 6.07) is 6.01. The Labute approximate surface area is 179 Å². The van der Waals surface area contributed by atoms with Gasteiger partial charge >= 0.3 is 0 Å². The van der Waals surface area contributed by atoms with Crippen molar-refractivity contribution in [2.75, 3.05) is 18.4 Å². The second-order valence-corrected chi connectivity index (χ2v) is 9.10. The van der Waals surface area contributed by atoms with Crippen LogP contribution in [0.3, 0.4) is 0 Å². The largest absolute Gasteiger partial charge is 0.495 e. The molecule has 11 heteroatoms. The number of sulfonamides is 1. The minimum Gasteiger partial charge on any atom is -0.495 e. The maximum atomic E-state index is 13.0. The third-order valence-corrected chi connectivity index (χ3v) is 6.25. The molecule has 3 aromatic rings. The predicted octanol–water partition coefficient (Wildman–Crippen LogP) is 3.32. The SMILES string of the molecule is COc1ccc(Cl)cc1S(=O)(=O)Nc1cnc2c(c1)-c1nnc(C(C)C)n1CCO2. The lowest BCUT2D eigenvalue weighted by Gasteiger charge is -2.13. The van der Waals surface area contributed by atoms with Gasteiger partial charge in [0.1, 0.15) is 23.1 Å². The number of pyridine rings is 1. The van der Waals surface area contributed by atoms with Gasteiger partial charge in [0.15, 0.2) is 5.82 Å². The van der Waals surface area contributed by atoms with E-state index in [0.29, 0.717) is 30.4 Å². The Kier molecular flexibility index (Phi) is 5.29. The highest BCUT2D eigenvalue weighted by molar-refractivity contribution is 7.92. The van der Waals surface area contributed by atoms with Crippen molar-refractivity contribution in [2.24, 2.45) is 0 Å². The number of hydrogen-bond acceptors (Lipinski definition) is 7. The lowest BCUT2D eigenvalue weighted by atomic mass is 10.2. The van der Waals surface area contributed by atoms with Crippen LogP contribution in [0, 0.1) is 0 Å². The monoisotopic (exact) mass is 449 g/mol. The number of fused-ring (bicyclic) bond motifs is 3. The van der Waals surface area contributed by atoms with E-state index in [4.69, 9.17) is 21.1 Å². The molecule has 9 nitrogen and oxygen atoms in total. The van der Waals surface area contributed by atoms with Crippen LogP contribution < -0.4 is 14.2 Å². The normalized spacial score (nSPS) is 13.2. The van der Waals surface area contributed by atoms with Crippen molar-refractivity contribution in [1.82, 2.24) is 19.7 Å². The molecule has 3 heterocycles. The van der Waals surface area contributed by atoms with Gasteiger partial charge in [-0.25, -0.2) is 13.4 Å². The van der Waals surface area contributed by atoms with Crippen LogP contribution in [-0.2, 0) is 16.6 Å². The van der Waals surface area contributed by atoms with Crippen LogP contribution in [0.4, 0.5) is 5.69 Å². The molecule has 0 radical (unpaired) electrons. The van der Waals surface area contributed by atoms with Gasteiger partial charge in [-0.15, -0.1) is 10.2 Å². The Hall–Kier alpha value is -2.85. The molecule has 0 saturated heterocycles. The summed E-state index contributed by atoms with van der Waals surface area (Å²) in [5, 5.41) is 8.85. The standard InChI is InChI=1S/C19H20ClN5O4S/c1-11(2)17-22-23-18-14-9-13(10-21-19(14)29-7-6-25(17)18)24-30(26,27)16-8-12(20)4-5-15(16)28-3/h4-5,8-11,24H,6-7H2,1-3H3. The minimum absolute atomic E-state index is 0.0750. The van der Waals surface area contributed by atoms with E-state index in [9.17, 15) is 8.42 Å². The maximum absolute atomic E-state index is 13.0. The van der Waals surface area contributed by atoms with Crippen molar-refractivity contribution in [3.05, 3.63) is 41.3 Å². The van der Waals surface area contributed by atoms with E-state index in [0.717, 1.165) is 5.82 Å². The van der Waals surface area contributed by atoms with Gasteiger partial charge in [0.05, 0.1) is 31.1 Å². The smallest absolute Gasteiger partial charge is 0.265 e. The van der Waals surface area contributed by atoms with Crippen LogP contribution in [0.2, 0.25) is 5.02 Å². The highest BCUT2D eigenvalue weighted by atomic mass is 35.5. The molecular weight excluding hydrogens is 430 g/mol. The van der Waals surface area contributed by atoms with Gasteiger partial charge in [0, 0.05) is 10.9 Å². The number of rotatable bonds is 5. The molecule has 158 valence electrons. The quantitative estimate of drug-likeness (QED) is 0.636. The molecule has 0 saturated carbocycles. The number of methoxy groups -OCH3 is 1. The Balaban J connectivity index is 1.75. The number of benzene rings is 1. The molecule has 0 atom stereocenters. The zero-order valence-corrected chi connectivity index (χ0v) is 18.2. The van der Waals surface area contributed by atoms with Crippen molar-refractivity contribution in [3.8, 4) is 23.0 Å². The molecule has 1 aliphatic heterocycles.